The van der Waals surface area contributed by atoms with Crippen molar-refractivity contribution in [3.8, 4) is 0 Å². The molecule has 1 aliphatic rings. The van der Waals surface area contributed by atoms with E-state index in [2.05, 4.69) is 15.4 Å². The van der Waals surface area contributed by atoms with E-state index in [9.17, 15) is 4.79 Å². The lowest BCUT2D eigenvalue weighted by Crippen LogP contribution is -2.47. The van der Waals surface area contributed by atoms with Crippen LogP contribution in [0.2, 0.25) is 0 Å². The zero-order chi connectivity index (χ0) is 9.97. The summed E-state index contributed by atoms with van der Waals surface area (Å²) in [5, 5.41) is 9.79. The number of morpholine rings is 1. The second-order valence-electron chi connectivity index (χ2n) is 3.28. The maximum absolute atomic E-state index is 11.8. The van der Waals surface area contributed by atoms with E-state index in [1.165, 1.54) is 6.20 Å². The van der Waals surface area contributed by atoms with Crippen LogP contribution in [0.5, 0.6) is 0 Å². The van der Waals surface area contributed by atoms with Crippen LogP contribution in [0.15, 0.2) is 6.20 Å². The van der Waals surface area contributed by atoms with Crippen molar-refractivity contribution in [3.63, 3.8) is 0 Å². The van der Waals surface area contributed by atoms with Crippen molar-refractivity contribution >= 4 is 5.91 Å². The SMILES string of the molecule is C[C@@H]1COCCN1C(=O)c1cn[nH]n1. The number of carbonyl (C=O) groups is 1. The van der Waals surface area contributed by atoms with Crippen LogP contribution in [0, 0.1) is 0 Å². The number of aromatic amines is 1. The Bertz CT molecular complexity index is 311. The lowest BCUT2D eigenvalue weighted by molar-refractivity contribution is 0.00327. The number of aromatic nitrogens is 3. The Balaban J connectivity index is 2.10. The molecule has 14 heavy (non-hydrogen) atoms. The van der Waals surface area contributed by atoms with Crippen molar-refractivity contribution in [1.82, 2.24) is 20.3 Å². The van der Waals surface area contributed by atoms with Crippen LogP contribution in [-0.4, -0.2) is 52.0 Å². The fourth-order valence-electron chi connectivity index (χ4n) is 1.48. The van der Waals surface area contributed by atoms with Gasteiger partial charge in [-0.05, 0) is 6.92 Å². The summed E-state index contributed by atoms with van der Waals surface area (Å²) in [6, 6.07) is 0.105. The topological polar surface area (TPSA) is 71.1 Å². The molecule has 0 saturated carbocycles. The molecule has 1 aliphatic heterocycles. The molecule has 0 unspecified atom stereocenters. The first kappa shape index (κ1) is 9.14. The molecule has 6 heteroatoms. The molecule has 0 aliphatic carbocycles. The number of hydrogen-bond acceptors (Lipinski definition) is 4. The fraction of sp³-hybridized carbons (Fsp3) is 0.625. The molecule has 76 valence electrons. The van der Waals surface area contributed by atoms with Crippen molar-refractivity contribution in [2.45, 2.75) is 13.0 Å². The first-order chi connectivity index (χ1) is 6.79. The Kier molecular flexibility index (Phi) is 2.45. The highest BCUT2D eigenvalue weighted by Crippen LogP contribution is 2.09. The molecule has 0 aromatic carbocycles. The van der Waals surface area contributed by atoms with Gasteiger partial charge in [0.2, 0.25) is 0 Å². The molecule has 2 heterocycles. The standard InChI is InChI=1S/C8H12N4O2/c1-6-5-14-3-2-12(6)8(13)7-4-9-11-10-7/h4,6H,2-3,5H2,1H3,(H,9,10,11)/t6-/m1/s1. The monoisotopic (exact) mass is 196 g/mol. The predicted octanol–water partition coefficient (Wildman–Crippen LogP) is -0.334. The normalized spacial score (nSPS) is 22.4. The highest BCUT2D eigenvalue weighted by atomic mass is 16.5. The molecule has 0 bridgehead atoms. The largest absolute Gasteiger partial charge is 0.377 e. The first-order valence-corrected chi connectivity index (χ1v) is 4.53. The Morgan fingerprint density at radius 1 is 1.79 bits per heavy atom. The molecule has 6 nitrogen and oxygen atoms in total. The summed E-state index contributed by atoms with van der Waals surface area (Å²) in [5.74, 6) is -0.0884. The van der Waals surface area contributed by atoms with Crippen LogP contribution in [0.1, 0.15) is 17.4 Å². The number of nitrogens with zero attached hydrogens (tertiary/aromatic N) is 3. The number of hydrogen-bond donors (Lipinski definition) is 1. The fourth-order valence-corrected chi connectivity index (χ4v) is 1.48. The van der Waals surface area contributed by atoms with Crippen LogP contribution >= 0.6 is 0 Å². The Morgan fingerprint density at radius 3 is 3.29 bits per heavy atom. The van der Waals surface area contributed by atoms with Gasteiger partial charge in [-0.25, -0.2) is 0 Å². The summed E-state index contributed by atoms with van der Waals surface area (Å²) in [6.07, 6.45) is 1.44. The number of nitrogens with one attached hydrogen (secondary N) is 1. The smallest absolute Gasteiger partial charge is 0.276 e. The Labute approximate surface area is 81.2 Å². The molecule has 2 rings (SSSR count). The third-order valence-corrected chi connectivity index (χ3v) is 2.26. The van der Waals surface area contributed by atoms with Gasteiger partial charge in [-0.15, -0.1) is 0 Å². The van der Waals surface area contributed by atoms with Gasteiger partial charge in [0, 0.05) is 6.54 Å². The van der Waals surface area contributed by atoms with E-state index in [1.807, 2.05) is 6.92 Å². The molecule has 1 fully saturated rings. The molecule has 1 aromatic rings. The molecule has 1 saturated heterocycles. The third kappa shape index (κ3) is 1.60. The summed E-state index contributed by atoms with van der Waals surface area (Å²) in [6.45, 7) is 3.75. The van der Waals surface area contributed by atoms with Gasteiger partial charge in [0.1, 0.15) is 0 Å². The highest BCUT2D eigenvalue weighted by molar-refractivity contribution is 5.92. The zero-order valence-corrected chi connectivity index (χ0v) is 7.93. The lowest BCUT2D eigenvalue weighted by Gasteiger charge is -2.32. The minimum absolute atomic E-state index is 0.0884. The van der Waals surface area contributed by atoms with Crippen molar-refractivity contribution in [2.24, 2.45) is 0 Å². The molecule has 1 N–H and O–H groups in total. The quantitative estimate of drug-likeness (QED) is 0.667. The van der Waals surface area contributed by atoms with Gasteiger partial charge in [0.15, 0.2) is 5.69 Å². The van der Waals surface area contributed by atoms with Gasteiger partial charge >= 0.3 is 0 Å². The number of H-pyrrole nitrogens is 1. The summed E-state index contributed by atoms with van der Waals surface area (Å²) in [7, 11) is 0. The molecule has 1 amide bonds. The van der Waals surface area contributed by atoms with E-state index < -0.39 is 0 Å². The van der Waals surface area contributed by atoms with E-state index >= 15 is 0 Å². The van der Waals surface area contributed by atoms with E-state index in [0.29, 0.717) is 25.5 Å². The third-order valence-electron chi connectivity index (χ3n) is 2.26. The van der Waals surface area contributed by atoms with E-state index in [4.69, 9.17) is 4.74 Å². The number of rotatable bonds is 1. The van der Waals surface area contributed by atoms with Gasteiger partial charge < -0.3 is 9.64 Å². The predicted molar refractivity (Wildman–Crippen MR) is 47.7 cm³/mol. The Hall–Kier alpha value is -1.43. The molecule has 1 aromatic heterocycles. The molecular weight excluding hydrogens is 184 g/mol. The maximum Gasteiger partial charge on any atom is 0.276 e. The average Bonchev–Trinajstić information content (AvgIpc) is 2.70. The van der Waals surface area contributed by atoms with Gasteiger partial charge in [0.25, 0.3) is 5.91 Å². The molecule has 0 radical (unpaired) electrons. The second-order valence-corrected chi connectivity index (χ2v) is 3.28. The average molecular weight is 196 g/mol. The minimum Gasteiger partial charge on any atom is -0.377 e. The van der Waals surface area contributed by atoms with Crippen LogP contribution in [0.3, 0.4) is 0 Å². The summed E-state index contributed by atoms with van der Waals surface area (Å²) < 4.78 is 5.24. The number of carbonyl (C=O) groups excluding carboxylic acids is 1. The lowest BCUT2D eigenvalue weighted by atomic mass is 10.2. The number of ether oxygens (including phenoxy) is 1. The van der Waals surface area contributed by atoms with Crippen molar-refractivity contribution in [2.75, 3.05) is 19.8 Å². The van der Waals surface area contributed by atoms with Crippen molar-refractivity contribution in [1.29, 1.82) is 0 Å². The summed E-state index contributed by atoms with van der Waals surface area (Å²) in [5.41, 5.74) is 0.360. The molecule has 1 atom stereocenters. The van der Waals surface area contributed by atoms with Crippen molar-refractivity contribution in [3.05, 3.63) is 11.9 Å². The van der Waals surface area contributed by atoms with Crippen LogP contribution in [-0.2, 0) is 4.74 Å². The van der Waals surface area contributed by atoms with E-state index in [0.717, 1.165) is 0 Å². The molecular formula is C8H12N4O2. The van der Waals surface area contributed by atoms with Gasteiger partial charge in [-0.2, -0.15) is 15.4 Å². The minimum atomic E-state index is -0.0884. The maximum atomic E-state index is 11.8. The van der Waals surface area contributed by atoms with E-state index in [-0.39, 0.29) is 11.9 Å². The number of amides is 1. The van der Waals surface area contributed by atoms with Gasteiger partial charge in [-0.3, -0.25) is 4.79 Å². The van der Waals surface area contributed by atoms with Crippen LogP contribution in [0.4, 0.5) is 0 Å². The van der Waals surface area contributed by atoms with Crippen LogP contribution < -0.4 is 0 Å². The van der Waals surface area contributed by atoms with E-state index in [1.54, 1.807) is 4.90 Å². The van der Waals surface area contributed by atoms with Crippen LogP contribution in [0.25, 0.3) is 0 Å². The Morgan fingerprint density at radius 2 is 2.64 bits per heavy atom. The van der Waals surface area contributed by atoms with Gasteiger partial charge in [0.05, 0.1) is 25.5 Å². The summed E-state index contributed by atoms with van der Waals surface area (Å²) >= 11 is 0. The summed E-state index contributed by atoms with van der Waals surface area (Å²) in [4.78, 5) is 13.6. The van der Waals surface area contributed by atoms with Crippen molar-refractivity contribution < 1.29 is 9.53 Å². The second kappa shape index (κ2) is 3.75. The highest BCUT2D eigenvalue weighted by Gasteiger charge is 2.25. The molecule has 0 spiro atoms. The van der Waals surface area contributed by atoms with Gasteiger partial charge in [-0.1, -0.05) is 0 Å². The zero-order valence-electron chi connectivity index (χ0n) is 7.93. The first-order valence-electron chi connectivity index (χ1n) is 4.53.